The minimum Gasteiger partial charge on any atom is -0.467 e. The van der Waals surface area contributed by atoms with Crippen molar-refractivity contribution in [2.75, 3.05) is 38.1 Å². The molecule has 0 aromatic carbocycles. The third-order valence-corrected chi connectivity index (χ3v) is 4.23. The lowest BCUT2D eigenvalue weighted by molar-refractivity contribution is 0.0950. The second-order valence-electron chi connectivity index (χ2n) is 5.96. The highest BCUT2D eigenvalue weighted by Gasteiger charge is 2.18. The molecule has 3 heterocycles. The molecule has 0 bridgehead atoms. The summed E-state index contributed by atoms with van der Waals surface area (Å²) in [4.78, 5) is 21.3. The Bertz CT molecular complexity index is 692. The number of nitrogens with one attached hydrogen (secondary N) is 1. The average Bonchev–Trinajstić information content (AvgIpc) is 3.10. The van der Waals surface area contributed by atoms with E-state index >= 15 is 0 Å². The quantitative estimate of drug-likeness (QED) is 0.844. The minimum absolute atomic E-state index is 0.174. The number of carbonyl (C=O) groups is 1. The molecule has 24 heavy (non-hydrogen) atoms. The number of hydrogen-bond acceptors (Lipinski definition) is 6. The molecule has 2 aromatic rings. The fourth-order valence-electron chi connectivity index (χ4n) is 2.76. The van der Waals surface area contributed by atoms with Crippen LogP contribution in [0, 0.1) is 0 Å². The minimum atomic E-state index is -0.174. The number of piperazine rings is 1. The summed E-state index contributed by atoms with van der Waals surface area (Å²) in [7, 11) is 2.12. The molecule has 1 aliphatic heterocycles. The Morgan fingerprint density at radius 1 is 1.38 bits per heavy atom. The molecule has 1 fully saturated rings. The van der Waals surface area contributed by atoms with Gasteiger partial charge in [0.15, 0.2) is 0 Å². The van der Waals surface area contributed by atoms with Gasteiger partial charge in [-0.25, -0.2) is 4.98 Å². The van der Waals surface area contributed by atoms with E-state index in [0.717, 1.165) is 37.6 Å². The van der Waals surface area contributed by atoms with Gasteiger partial charge in [0, 0.05) is 44.5 Å². The van der Waals surface area contributed by atoms with Gasteiger partial charge in [-0.05, 0) is 19.2 Å². The SMILES string of the molecule is CN1CCN(c2ncccc2CNC(=O)c2coc(CN)c2)CC1. The number of carbonyl (C=O) groups excluding carboxylic acids is 1. The first-order valence-electron chi connectivity index (χ1n) is 8.10. The molecule has 7 heteroatoms. The largest absolute Gasteiger partial charge is 0.467 e. The number of hydrogen-bond donors (Lipinski definition) is 2. The van der Waals surface area contributed by atoms with E-state index in [1.54, 1.807) is 12.3 Å². The third kappa shape index (κ3) is 3.74. The molecule has 1 saturated heterocycles. The summed E-state index contributed by atoms with van der Waals surface area (Å²) in [6, 6.07) is 5.56. The van der Waals surface area contributed by atoms with Crippen LogP contribution in [-0.2, 0) is 13.1 Å². The number of furan rings is 1. The molecule has 1 aliphatic rings. The van der Waals surface area contributed by atoms with E-state index in [0.29, 0.717) is 17.9 Å². The zero-order valence-corrected chi connectivity index (χ0v) is 13.9. The predicted octanol–water partition coefficient (Wildman–Crippen LogP) is 0.815. The molecule has 0 radical (unpaired) electrons. The number of likely N-dealkylation sites (N-methyl/N-ethyl adjacent to an activating group) is 1. The van der Waals surface area contributed by atoms with E-state index < -0.39 is 0 Å². The molecule has 3 rings (SSSR count). The van der Waals surface area contributed by atoms with Crippen LogP contribution < -0.4 is 16.0 Å². The Hall–Kier alpha value is -2.38. The van der Waals surface area contributed by atoms with E-state index in [4.69, 9.17) is 10.2 Å². The topological polar surface area (TPSA) is 87.6 Å². The van der Waals surface area contributed by atoms with Gasteiger partial charge in [-0.1, -0.05) is 6.07 Å². The van der Waals surface area contributed by atoms with Crippen molar-refractivity contribution in [3.63, 3.8) is 0 Å². The molecule has 0 unspecified atom stereocenters. The second kappa shape index (κ2) is 7.46. The number of rotatable bonds is 5. The van der Waals surface area contributed by atoms with Gasteiger partial charge in [0.05, 0.1) is 12.1 Å². The van der Waals surface area contributed by atoms with Crippen LogP contribution in [0.25, 0.3) is 0 Å². The van der Waals surface area contributed by atoms with Crippen molar-refractivity contribution in [2.24, 2.45) is 5.73 Å². The van der Waals surface area contributed by atoms with E-state index in [-0.39, 0.29) is 12.5 Å². The number of nitrogens with zero attached hydrogens (tertiary/aromatic N) is 3. The van der Waals surface area contributed by atoms with Gasteiger partial charge < -0.3 is 25.3 Å². The van der Waals surface area contributed by atoms with Gasteiger partial charge in [0.1, 0.15) is 17.8 Å². The van der Waals surface area contributed by atoms with Crippen molar-refractivity contribution in [1.29, 1.82) is 0 Å². The molecule has 0 aliphatic carbocycles. The first-order valence-corrected chi connectivity index (χ1v) is 8.10. The predicted molar refractivity (Wildman–Crippen MR) is 91.7 cm³/mol. The highest BCUT2D eigenvalue weighted by atomic mass is 16.3. The van der Waals surface area contributed by atoms with Crippen LogP contribution in [-0.4, -0.2) is 49.0 Å². The van der Waals surface area contributed by atoms with E-state index in [9.17, 15) is 4.79 Å². The number of nitrogens with two attached hydrogens (primary N) is 1. The maximum atomic E-state index is 12.2. The van der Waals surface area contributed by atoms with Crippen LogP contribution in [0.15, 0.2) is 35.1 Å². The van der Waals surface area contributed by atoms with Gasteiger partial charge in [0.25, 0.3) is 5.91 Å². The normalized spacial score (nSPS) is 15.5. The molecule has 128 valence electrons. The summed E-state index contributed by atoms with van der Waals surface area (Å²) < 4.78 is 5.20. The lowest BCUT2D eigenvalue weighted by Crippen LogP contribution is -2.45. The van der Waals surface area contributed by atoms with Crippen LogP contribution in [0.4, 0.5) is 5.82 Å². The average molecular weight is 329 g/mol. The van der Waals surface area contributed by atoms with Crippen molar-refractivity contribution in [3.8, 4) is 0 Å². The maximum absolute atomic E-state index is 12.2. The molecular formula is C17H23N5O2. The van der Waals surface area contributed by atoms with Gasteiger partial charge in [-0.2, -0.15) is 0 Å². The third-order valence-electron chi connectivity index (χ3n) is 4.23. The molecular weight excluding hydrogens is 306 g/mol. The van der Waals surface area contributed by atoms with Crippen LogP contribution in [0.5, 0.6) is 0 Å². The number of amides is 1. The summed E-state index contributed by atoms with van der Waals surface area (Å²) in [5.41, 5.74) is 7.00. The van der Waals surface area contributed by atoms with E-state index in [1.807, 2.05) is 12.1 Å². The van der Waals surface area contributed by atoms with Crippen molar-refractivity contribution in [1.82, 2.24) is 15.2 Å². The molecule has 3 N–H and O–H groups in total. The highest BCUT2D eigenvalue weighted by Crippen LogP contribution is 2.19. The van der Waals surface area contributed by atoms with Crippen molar-refractivity contribution in [3.05, 3.63) is 47.5 Å². The molecule has 2 aromatic heterocycles. The zero-order valence-electron chi connectivity index (χ0n) is 13.9. The Morgan fingerprint density at radius 2 is 2.17 bits per heavy atom. The molecule has 1 amide bonds. The van der Waals surface area contributed by atoms with E-state index in [2.05, 4.69) is 27.1 Å². The van der Waals surface area contributed by atoms with Crippen LogP contribution in [0.1, 0.15) is 21.7 Å². The Labute approximate surface area is 141 Å². The van der Waals surface area contributed by atoms with Crippen molar-refractivity contribution < 1.29 is 9.21 Å². The fraction of sp³-hybridized carbons (Fsp3) is 0.412. The Morgan fingerprint density at radius 3 is 2.88 bits per heavy atom. The second-order valence-corrected chi connectivity index (χ2v) is 5.96. The molecule has 0 atom stereocenters. The highest BCUT2D eigenvalue weighted by molar-refractivity contribution is 5.94. The maximum Gasteiger partial charge on any atom is 0.254 e. The van der Waals surface area contributed by atoms with Gasteiger partial charge in [-0.3, -0.25) is 4.79 Å². The van der Waals surface area contributed by atoms with Gasteiger partial charge in [0.2, 0.25) is 0 Å². The summed E-state index contributed by atoms with van der Waals surface area (Å²) in [6.45, 7) is 4.62. The molecule has 7 nitrogen and oxygen atoms in total. The molecule has 0 spiro atoms. The first kappa shape index (κ1) is 16.5. The summed E-state index contributed by atoms with van der Waals surface area (Å²) in [6.07, 6.45) is 3.23. The Balaban J connectivity index is 1.66. The monoisotopic (exact) mass is 329 g/mol. The van der Waals surface area contributed by atoms with Crippen LogP contribution >= 0.6 is 0 Å². The van der Waals surface area contributed by atoms with Crippen LogP contribution in [0.3, 0.4) is 0 Å². The number of pyridine rings is 1. The lowest BCUT2D eigenvalue weighted by Gasteiger charge is -2.34. The first-order chi connectivity index (χ1) is 11.7. The lowest BCUT2D eigenvalue weighted by atomic mass is 10.2. The van der Waals surface area contributed by atoms with Crippen LogP contribution in [0.2, 0.25) is 0 Å². The summed E-state index contributed by atoms with van der Waals surface area (Å²) in [5, 5.41) is 2.92. The number of aromatic nitrogens is 1. The summed E-state index contributed by atoms with van der Waals surface area (Å²) in [5.74, 6) is 1.37. The zero-order chi connectivity index (χ0) is 16.9. The smallest absolute Gasteiger partial charge is 0.254 e. The summed E-state index contributed by atoms with van der Waals surface area (Å²) >= 11 is 0. The fourth-order valence-corrected chi connectivity index (χ4v) is 2.76. The van der Waals surface area contributed by atoms with Crippen molar-refractivity contribution >= 4 is 11.7 Å². The molecule has 0 saturated carbocycles. The standard InChI is InChI=1S/C17H23N5O2/c1-21-5-7-22(8-6-21)16-13(3-2-4-19-16)11-20-17(23)14-9-15(10-18)24-12-14/h2-4,9,12H,5-8,10-11,18H2,1H3,(H,20,23). The van der Waals surface area contributed by atoms with E-state index in [1.165, 1.54) is 6.26 Å². The number of anilines is 1. The Kier molecular flexibility index (Phi) is 5.12. The van der Waals surface area contributed by atoms with Gasteiger partial charge in [-0.15, -0.1) is 0 Å². The van der Waals surface area contributed by atoms with Crippen molar-refractivity contribution in [2.45, 2.75) is 13.1 Å². The van der Waals surface area contributed by atoms with Gasteiger partial charge >= 0.3 is 0 Å².